The van der Waals surface area contributed by atoms with Crippen LogP contribution in [0.15, 0.2) is 41.3 Å². The molecule has 0 radical (unpaired) electrons. The molecule has 1 unspecified atom stereocenters. The van der Waals surface area contributed by atoms with Gasteiger partial charge in [-0.05, 0) is 24.6 Å². The third-order valence-corrected chi connectivity index (χ3v) is 2.99. The van der Waals surface area contributed by atoms with Crippen molar-refractivity contribution in [1.82, 2.24) is 4.98 Å². The Morgan fingerprint density at radius 3 is 2.86 bits per heavy atom. The molecule has 0 saturated heterocycles. The zero-order valence-electron chi connectivity index (χ0n) is 12.3. The fourth-order valence-electron chi connectivity index (χ4n) is 1.67. The van der Waals surface area contributed by atoms with Crippen LogP contribution in [0.2, 0.25) is 0 Å². The highest BCUT2D eigenvalue weighted by molar-refractivity contribution is 5.98. The smallest absolute Gasteiger partial charge is 0.340 e. The van der Waals surface area contributed by atoms with E-state index in [-0.39, 0.29) is 17.9 Å². The third kappa shape index (κ3) is 4.97. The Kier molecular flexibility index (Phi) is 6.68. The molecule has 0 fully saturated rings. The van der Waals surface area contributed by atoms with Crippen LogP contribution in [0.5, 0.6) is 0 Å². The normalized spacial score (nSPS) is 13.5. The number of hydrogen-bond donors (Lipinski definition) is 1. The van der Waals surface area contributed by atoms with Crippen LogP contribution in [0.4, 0.5) is 0 Å². The predicted octanol–water partition coefficient (Wildman–Crippen LogP) is 2.07. The molecule has 0 amide bonds. The lowest BCUT2D eigenvalue weighted by atomic mass is 10.1. The van der Waals surface area contributed by atoms with E-state index in [1.165, 1.54) is 31.5 Å². The maximum atomic E-state index is 11.7. The van der Waals surface area contributed by atoms with Gasteiger partial charge >= 0.3 is 5.97 Å². The van der Waals surface area contributed by atoms with Gasteiger partial charge < -0.3 is 9.94 Å². The second-order valence-electron chi connectivity index (χ2n) is 4.44. The molecular weight excluding hydrogens is 290 g/mol. The van der Waals surface area contributed by atoms with Crippen molar-refractivity contribution >= 4 is 11.7 Å². The topological polar surface area (TPSA) is 115 Å². The van der Waals surface area contributed by atoms with Crippen molar-refractivity contribution < 1.29 is 19.7 Å². The van der Waals surface area contributed by atoms with Gasteiger partial charge in [0.2, 0.25) is 6.04 Å². The van der Waals surface area contributed by atoms with E-state index in [2.05, 4.69) is 10.1 Å². The number of nitro groups is 1. The second-order valence-corrected chi connectivity index (χ2v) is 4.44. The summed E-state index contributed by atoms with van der Waals surface area (Å²) in [7, 11) is 0. The zero-order chi connectivity index (χ0) is 16.5. The van der Waals surface area contributed by atoms with Gasteiger partial charge in [0.05, 0.1) is 5.56 Å². The monoisotopic (exact) mass is 307 g/mol. The van der Waals surface area contributed by atoms with Gasteiger partial charge in [0.25, 0.3) is 0 Å². The molecule has 0 spiro atoms. The van der Waals surface area contributed by atoms with Crippen LogP contribution in [-0.2, 0) is 4.74 Å². The van der Waals surface area contributed by atoms with Crippen molar-refractivity contribution in [2.45, 2.75) is 26.3 Å². The summed E-state index contributed by atoms with van der Waals surface area (Å²) >= 11 is 0. The Labute approximate surface area is 127 Å². The number of rotatable bonds is 7. The highest BCUT2D eigenvalue weighted by Gasteiger charge is 2.18. The van der Waals surface area contributed by atoms with E-state index in [0.29, 0.717) is 12.0 Å². The van der Waals surface area contributed by atoms with Gasteiger partial charge in [0.15, 0.2) is 0 Å². The molecule has 22 heavy (non-hydrogen) atoms. The first kappa shape index (κ1) is 17.3. The summed E-state index contributed by atoms with van der Waals surface area (Å²) in [5.41, 5.74) is 0.760. The largest absolute Gasteiger partial charge is 0.455 e. The standard InChI is InChI=1S/C14H17N3O5/c1-3-11(10(2)17(20)21)7-13(16-19)9-22-14(18)12-5-4-6-15-8-12/h4-8,10,19H,3,9H2,1-2H3. The van der Waals surface area contributed by atoms with Gasteiger partial charge in [-0.1, -0.05) is 12.1 Å². The molecule has 8 nitrogen and oxygen atoms in total. The second kappa shape index (κ2) is 8.50. The molecule has 1 aromatic rings. The highest BCUT2D eigenvalue weighted by Crippen LogP contribution is 2.10. The Bertz CT molecular complexity index is 583. The van der Waals surface area contributed by atoms with Crippen LogP contribution in [0, 0.1) is 10.1 Å². The molecule has 1 atom stereocenters. The first-order valence-electron chi connectivity index (χ1n) is 6.61. The molecule has 0 aliphatic heterocycles. The average molecular weight is 307 g/mol. The lowest BCUT2D eigenvalue weighted by molar-refractivity contribution is -0.507. The number of ether oxygens (including phenoxy) is 1. The summed E-state index contributed by atoms with van der Waals surface area (Å²) in [5, 5.41) is 22.7. The number of pyridine rings is 1. The van der Waals surface area contributed by atoms with Gasteiger partial charge in [0, 0.05) is 29.8 Å². The fraction of sp³-hybridized carbons (Fsp3) is 0.357. The number of nitrogens with zero attached hydrogens (tertiary/aromatic N) is 3. The molecule has 0 aromatic carbocycles. The Morgan fingerprint density at radius 2 is 2.36 bits per heavy atom. The number of aromatic nitrogens is 1. The molecule has 0 aliphatic carbocycles. The Hall–Kier alpha value is -2.77. The van der Waals surface area contributed by atoms with Crippen molar-refractivity contribution in [3.8, 4) is 0 Å². The summed E-state index contributed by atoms with van der Waals surface area (Å²) in [4.78, 5) is 25.9. The van der Waals surface area contributed by atoms with Crippen LogP contribution in [0.25, 0.3) is 0 Å². The van der Waals surface area contributed by atoms with Crippen molar-refractivity contribution in [3.63, 3.8) is 0 Å². The van der Waals surface area contributed by atoms with Crippen molar-refractivity contribution in [2.75, 3.05) is 6.61 Å². The number of esters is 1. The van der Waals surface area contributed by atoms with E-state index in [1.54, 1.807) is 13.0 Å². The number of hydrogen-bond acceptors (Lipinski definition) is 7. The Balaban J connectivity index is 2.73. The fourth-order valence-corrected chi connectivity index (χ4v) is 1.67. The predicted molar refractivity (Wildman–Crippen MR) is 78.6 cm³/mol. The van der Waals surface area contributed by atoms with Gasteiger partial charge in [-0.15, -0.1) is 0 Å². The molecule has 1 rings (SSSR count). The first-order valence-corrected chi connectivity index (χ1v) is 6.61. The molecule has 8 heteroatoms. The highest BCUT2D eigenvalue weighted by atomic mass is 16.6. The molecule has 1 aromatic heterocycles. The van der Waals surface area contributed by atoms with Gasteiger partial charge in [0.1, 0.15) is 12.3 Å². The van der Waals surface area contributed by atoms with Crippen molar-refractivity contribution in [2.24, 2.45) is 5.16 Å². The summed E-state index contributed by atoms with van der Waals surface area (Å²) in [6.07, 6.45) is 4.65. The summed E-state index contributed by atoms with van der Waals surface area (Å²) in [6.45, 7) is 2.90. The first-order chi connectivity index (χ1) is 10.5. The van der Waals surface area contributed by atoms with Crippen molar-refractivity contribution in [3.05, 3.63) is 51.9 Å². The van der Waals surface area contributed by atoms with Crippen LogP contribution < -0.4 is 0 Å². The SMILES string of the molecule is CCC(=CC(COC(=O)c1cccnc1)=NO)C(C)[N+](=O)[O-]. The van der Waals surface area contributed by atoms with E-state index < -0.39 is 16.9 Å². The minimum Gasteiger partial charge on any atom is -0.455 e. The molecular formula is C14H17N3O5. The van der Waals surface area contributed by atoms with Crippen LogP contribution >= 0.6 is 0 Å². The summed E-state index contributed by atoms with van der Waals surface area (Å²) < 4.78 is 4.98. The maximum absolute atomic E-state index is 11.7. The van der Waals surface area contributed by atoms with Gasteiger partial charge in [-0.25, -0.2) is 4.79 Å². The zero-order valence-corrected chi connectivity index (χ0v) is 12.3. The third-order valence-electron chi connectivity index (χ3n) is 2.99. The van der Waals surface area contributed by atoms with E-state index in [0.717, 1.165) is 0 Å². The quantitative estimate of drug-likeness (QED) is 0.271. The molecule has 1 heterocycles. The van der Waals surface area contributed by atoms with E-state index in [1.807, 2.05) is 0 Å². The van der Waals surface area contributed by atoms with E-state index in [9.17, 15) is 14.9 Å². The number of carbonyl (C=O) groups excluding carboxylic acids is 1. The van der Waals surface area contributed by atoms with E-state index >= 15 is 0 Å². The Morgan fingerprint density at radius 1 is 1.64 bits per heavy atom. The number of carbonyl (C=O) groups is 1. The summed E-state index contributed by atoms with van der Waals surface area (Å²) in [6, 6.07) is 2.22. The van der Waals surface area contributed by atoms with Crippen LogP contribution in [0.3, 0.4) is 0 Å². The minimum atomic E-state index is -0.907. The number of oxime groups is 1. The van der Waals surface area contributed by atoms with Gasteiger partial charge in [-0.2, -0.15) is 0 Å². The van der Waals surface area contributed by atoms with Crippen molar-refractivity contribution in [1.29, 1.82) is 0 Å². The minimum absolute atomic E-state index is 0.0304. The van der Waals surface area contributed by atoms with Gasteiger partial charge in [-0.3, -0.25) is 15.1 Å². The van der Waals surface area contributed by atoms with Crippen LogP contribution in [-0.4, -0.2) is 39.4 Å². The van der Waals surface area contributed by atoms with Crippen LogP contribution in [0.1, 0.15) is 30.6 Å². The molecule has 1 N–H and O–H groups in total. The molecule has 118 valence electrons. The maximum Gasteiger partial charge on any atom is 0.340 e. The molecule has 0 aliphatic rings. The summed E-state index contributed by atoms with van der Waals surface area (Å²) in [5.74, 6) is -0.622. The lowest BCUT2D eigenvalue weighted by Gasteiger charge is -2.08. The molecule has 0 saturated carbocycles. The lowest BCUT2D eigenvalue weighted by Crippen LogP contribution is -2.20. The van der Waals surface area contributed by atoms with E-state index in [4.69, 9.17) is 9.94 Å². The molecule has 0 bridgehead atoms. The average Bonchev–Trinajstić information content (AvgIpc) is 2.55.